The maximum atomic E-state index is 12.4. The molecule has 0 aromatic carbocycles. The number of rotatable bonds is 5. The van der Waals surface area contributed by atoms with E-state index in [1.165, 1.54) is 0 Å². The van der Waals surface area contributed by atoms with Crippen LogP contribution in [0.2, 0.25) is 0 Å². The number of nitrogens with zero attached hydrogens (tertiary/aromatic N) is 4. The molecule has 0 saturated carbocycles. The predicted octanol–water partition coefficient (Wildman–Crippen LogP) is 0.603. The number of carbonyl (C=O) groups is 1. The summed E-state index contributed by atoms with van der Waals surface area (Å²) in [6.45, 7) is 7.85. The van der Waals surface area contributed by atoms with Crippen LogP contribution in [0.15, 0.2) is 12.4 Å². The Morgan fingerprint density at radius 1 is 1.36 bits per heavy atom. The lowest BCUT2D eigenvalue weighted by Crippen LogP contribution is -2.44. The molecule has 2 fully saturated rings. The van der Waals surface area contributed by atoms with E-state index >= 15 is 0 Å². The van der Waals surface area contributed by atoms with Crippen molar-refractivity contribution < 1.29 is 4.79 Å². The fourth-order valence-electron chi connectivity index (χ4n) is 3.84. The molecule has 3 unspecified atom stereocenters. The second-order valence-corrected chi connectivity index (χ2v) is 7.78. The highest BCUT2D eigenvalue weighted by Crippen LogP contribution is 2.27. The van der Waals surface area contributed by atoms with Crippen molar-refractivity contribution in [1.82, 2.24) is 30.6 Å². The molecule has 0 aliphatic carbocycles. The Balaban J connectivity index is 1.57. The second kappa shape index (κ2) is 7.76. The topological polar surface area (TPSA) is 73.4 Å². The predicted molar refractivity (Wildman–Crippen MR) is 96.6 cm³/mol. The number of carbonyl (C=O) groups excluding carboxylic acids is 1. The zero-order chi connectivity index (χ0) is 18.0. The summed E-state index contributed by atoms with van der Waals surface area (Å²) in [7, 11) is 3.67. The van der Waals surface area contributed by atoms with E-state index in [9.17, 15) is 4.79 Å². The van der Waals surface area contributed by atoms with Crippen LogP contribution in [-0.4, -0.2) is 65.4 Å². The van der Waals surface area contributed by atoms with E-state index in [-0.39, 0.29) is 17.9 Å². The van der Waals surface area contributed by atoms with Crippen molar-refractivity contribution in [2.75, 3.05) is 33.7 Å². The Hall–Kier alpha value is -1.57. The van der Waals surface area contributed by atoms with Crippen LogP contribution in [0.5, 0.6) is 0 Å². The molecule has 3 atom stereocenters. The van der Waals surface area contributed by atoms with E-state index in [4.69, 9.17) is 0 Å². The van der Waals surface area contributed by atoms with Gasteiger partial charge in [-0.3, -0.25) is 20.5 Å². The lowest BCUT2D eigenvalue weighted by Gasteiger charge is -2.26. The summed E-state index contributed by atoms with van der Waals surface area (Å²) in [4.78, 5) is 25.5. The van der Waals surface area contributed by atoms with Gasteiger partial charge in [-0.15, -0.1) is 0 Å². The molecule has 3 rings (SSSR count). The van der Waals surface area contributed by atoms with Gasteiger partial charge in [-0.25, -0.2) is 9.97 Å². The molecule has 2 aliphatic heterocycles. The molecule has 0 radical (unpaired) electrons. The Labute approximate surface area is 150 Å². The van der Waals surface area contributed by atoms with Crippen molar-refractivity contribution in [2.45, 2.75) is 38.8 Å². The molecule has 0 bridgehead atoms. The SMILES string of the molecule is CC(C)c1ncc(CN2CCC(C3NNCC3C(=O)N(C)C)C2)cn1. The quantitative estimate of drug-likeness (QED) is 0.814. The molecule has 2 aliphatic rings. The summed E-state index contributed by atoms with van der Waals surface area (Å²) in [6.07, 6.45) is 5.01. The Morgan fingerprint density at radius 3 is 2.72 bits per heavy atom. The van der Waals surface area contributed by atoms with Crippen molar-refractivity contribution in [1.29, 1.82) is 0 Å². The molecule has 1 aromatic rings. The summed E-state index contributed by atoms with van der Waals surface area (Å²) < 4.78 is 0. The number of likely N-dealkylation sites (tertiary alicyclic amines) is 1. The van der Waals surface area contributed by atoms with Crippen molar-refractivity contribution >= 4 is 5.91 Å². The van der Waals surface area contributed by atoms with Gasteiger partial charge in [0.05, 0.1) is 5.92 Å². The summed E-state index contributed by atoms with van der Waals surface area (Å²) >= 11 is 0. The average Bonchev–Trinajstić information content (AvgIpc) is 3.23. The van der Waals surface area contributed by atoms with Crippen LogP contribution in [-0.2, 0) is 11.3 Å². The molecule has 0 spiro atoms. The van der Waals surface area contributed by atoms with Crippen LogP contribution < -0.4 is 10.9 Å². The lowest BCUT2D eigenvalue weighted by atomic mass is 9.88. The van der Waals surface area contributed by atoms with Gasteiger partial charge in [0, 0.05) is 63.6 Å². The molecular weight excluding hydrogens is 316 g/mol. The standard InChI is InChI=1S/C18H30N6O/c1-12(2)17-19-7-13(8-20-17)10-24-6-5-14(11-24)16-15(9-21-22-16)18(25)23(3)4/h7-8,12,14-16,21-22H,5-6,9-11H2,1-4H3. The largest absolute Gasteiger partial charge is 0.348 e. The first-order valence-corrected chi connectivity index (χ1v) is 9.18. The van der Waals surface area contributed by atoms with Crippen molar-refractivity contribution in [3.05, 3.63) is 23.8 Å². The van der Waals surface area contributed by atoms with E-state index in [0.717, 1.165) is 37.4 Å². The normalized spacial score (nSPS) is 27.2. The maximum absolute atomic E-state index is 12.4. The van der Waals surface area contributed by atoms with Crippen LogP contribution in [0.1, 0.15) is 37.6 Å². The number of amides is 1. The van der Waals surface area contributed by atoms with Crippen LogP contribution in [0.3, 0.4) is 0 Å². The van der Waals surface area contributed by atoms with Crippen molar-refractivity contribution in [3.8, 4) is 0 Å². The molecular formula is C18H30N6O. The first-order valence-electron chi connectivity index (χ1n) is 9.18. The number of nitrogens with one attached hydrogen (secondary N) is 2. The van der Waals surface area contributed by atoms with Crippen molar-refractivity contribution in [3.63, 3.8) is 0 Å². The molecule has 7 heteroatoms. The number of hydrazine groups is 1. The van der Waals surface area contributed by atoms with Gasteiger partial charge in [0.15, 0.2) is 0 Å². The van der Waals surface area contributed by atoms with Crippen molar-refractivity contribution in [2.24, 2.45) is 11.8 Å². The molecule has 2 N–H and O–H groups in total. The third kappa shape index (κ3) is 4.16. The van der Waals surface area contributed by atoms with Crippen LogP contribution in [0.4, 0.5) is 0 Å². The van der Waals surface area contributed by atoms with Gasteiger partial charge in [-0.1, -0.05) is 13.8 Å². The second-order valence-electron chi connectivity index (χ2n) is 7.78. The number of hydrogen-bond donors (Lipinski definition) is 2. The van der Waals surface area contributed by atoms with Gasteiger partial charge in [-0.2, -0.15) is 0 Å². The Kier molecular flexibility index (Phi) is 5.66. The smallest absolute Gasteiger partial charge is 0.228 e. The van der Waals surface area contributed by atoms with Gasteiger partial charge in [0.25, 0.3) is 0 Å². The molecule has 3 heterocycles. The minimum absolute atomic E-state index is 0.0219. The highest BCUT2D eigenvalue weighted by Gasteiger charge is 2.41. The fraction of sp³-hybridized carbons (Fsp3) is 0.722. The van der Waals surface area contributed by atoms with Crippen LogP contribution >= 0.6 is 0 Å². The zero-order valence-corrected chi connectivity index (χ0v) is 15.7. The molecule has 1 aromatic heterocycles. The third-order valence-electron chi connectivity index (χ3n) is 5.25. The Morgan fingerprint density at radius 2 is 2.08 bits per heavy atom. The fourth-order valence-corrected chi connectivity index (χ4v) is 3.84. The molecule has 2 saturated heterocycles. The van der Waals surface area contributed by atoms with Gasteiger partial charge in [0.2, 0.25) is 5.91 Å². The van der Waals surface area contributed by atoms with Gasteiger partial charge in [0.1, 0.15) is 5.82 Å². The number of hydrogen-bond acceptors (Lipinski definition) is 6. The minimum Gasteiger partial charge on any atom is -0.348 e. The zero-order valence-electron chi connectivity index (χ0n) is 15.7. The molecule has 7 nitrogen and oxygen atoms in total. The maximum Gasteiger partial charge on any atom is 0.228 e. The van der Waals surface area contributed by atoms with E-state index in [1.807, 2.05) is 26.5 Å². The van der Waals surface area contributed by atoms with Gasteiger partial charge < -0.3 is 4.90 Å². The summed E-state index contributed by atoms with van der Waals surface area (Å²) in [5, 5.41) is 0. The average molecular weight is 346 g/mol. The Bertz CT molecular complexity index is 588. The van der Waals surface area contributed by atoms with Crippen LogP contribution in [0.25, 0.3) is 0 Å². The monoisotopic (exact) mass is 346 g/mol. The van der Waals surface area contributed by atoms with E-state index in [2.05, 4.69) is 39.6 Å². The summed E-state index contributed by atoms with van der Waals surface area (Å²) in [5.74, 6) is 1.97. The van der Waals surface area contributed by atoms with E-state index in [0.29, 0.717) is 18.4 Å². The first kappa shape index (κ1) is 18.2. The first-order chi connectivity index (χ1) is 12.0. The summed E-state index contributed by atoms with van der Waals surface area (Å²) in [5.41, 5.74) is 7.68. The molecule has 1 amide bonds. The molecule has 138 valence electrons. The highest BCUT2D eigenvalue weighted by molar-refractivity contribution is 5.79. The summed E-state index contributed by atoms with van der Waals surface area (Å²) in [6, 6.07) is 0.208. The van der Waals surface area contributed by atoms with Crippen LogP contribution in [0, 0.1) is 11.8 Å². The third-order valence-corrected chi connectivity index (χ3v) is 5.25. The van der Waals surface area contributed by atoms with E-state index < -0.39 is 0 Å². The van der Waals surface area contributed by atoms with Gasteiger partial charge >= 0.3 is 0 Å². The number of aromatic nitrogens is 2. The van der Waals surface area contributed by atoms with E-state index in [1.54, 1.807) is 4.90 Å². The highest BCUT2D eigenvalue weighted by atomic mass is 16.2. The lowest BCUT2D eigenvalue weighted by molar-refractivity contribution is -0.133. The molecule has 25 heavy (non-hydrogen) atoms. The minimum atomic E-state index is 0.0219. The van der Waals surface area contributed by atoms with Gasteiger partial charge in [-0.05, 0) is 18.9 Å².